The first-order chi connectivity index (χ1) is 11.3. The van der Waals surface area contributed by atoms with Crippen LogP contribution in [0.1, 0.15) is 11.1 Å². The maximum Gasteiger partial charge on any atom is 0.416 e. The molecule has 1 amide bonds. The van der Waals surface area contributed by atoms with Gasteiger partial charge in [-0.25, -0.2) is 0 Å². The van der Waals surface area contributed by atoms with Gasteiger partial charge < -0.3 is 5.32 Å². The Balaban J connectivity index is 2.19. The average molecular weight is 351 g/mol. The van der Waals surface area contributed by atoms with Crippen molar-refractivity contribution in [1.82, 2.24) is 0 Å². The van der Waals surface area contributed by atoms with Gasteiger partial charge in [-0.05, 0) is 42.0 Å². The zero-order valence-corrected chi connectivity index (χ0v) is 12.8. The van der Waals surface area contributed by atoms with Gasteiger partial charge in [0.25, 0.3) is 5.91 Å². The number of hydrogen-bond donors (Lipinski definition) is 1. The Morgan fingerprint density at radius 2 is 1.83 bits per heavy atom. The first kappa shape index (κ1) is 17.6. The van der Waals surface area contributed by atoms with Gasteiger partial charge in [-0.3, -0.25) is 4.79 Å². The maximum atomic E-state index is 12.5. The third kappa shape index (κ3) is 4.61. The molecule has 0 heterocycles. The summed E-state index contributed by atoms with van der Waals surface area (Å²) in [6.07, 6.45) is -3.23. The van der Waals surface area contributed by atoms with E-state index < -0.39 is 17.6 Å². The Bertz CT molecular complexity index is 821. The van der Waals surface area contributed by atoms with Gasteiger partial charge in [0.05, 0.1) is 5.56 Å². The van der Waals surface area contributed by atoms with Crippen LogP contribution in [0.4, 0.5) is 18.9 Å². The summed E-state index contributed by atoms with van der Waals surface area (Å²) in [5.74, 6) is -0.681. The van der Waals surface area contributed by atoms with Crippen molar-refractivity contribution in [2.24, 2.45) is 0 Å². The molecule has 0 aliphatic rings. The number of hydrogen-bond acceptors (Lipinski definition) is 2. The standard InChI is InChI=1S/C17H10ClF3N2O/c18-14-2-1-3-15(9-14)23-16(24)12(10-22)8-11-4-6-13(7-5-11)17(19,20)21/h1-9H,(H,23,24). The van der Waals surface area contributed by atoms with Crippen LogP contribution in [-0.2, 0) is 11.0 Å². The lowest BCUT2D eigenvalue weighted by Gasteiger charge is -2.07. The molecule has 2 aromatic carbocycles. The fourth-order valence-electron chi connectivity index (χ4n) is 1.85. The van der Waals surface area contributed by atoms with Crippen LogP contribution >= 0.6 is 11.6 Å². The molecule has 0 spiro atoms. The number of nitriles is 1. The van der Waals surface area contributed by atoms with Crippen molar-refractivity contribution < 1.29 is 18.0 Å². The van der Waals surface area contributed by atoms with Crippen molar-refractivity contribution in [3.63, 3.8) is 0 Å². The second-order valence-corrected chi connectivity index (χ2v) is 5.19. The average Bonchev–Trinajstić information content (AvgIpc) is 2.52. The SMILES string of the molecule is N#CC(=Cc1ccc(C(F)(F)F)cc1)C(=O)Nc1cccc(Cl)c1. The molecule has 1 N–H and O–H groups in total. The van der Waals surface area contributed by atoms with Gasteiger partial charge in [0.2, 0.25) is 0 Å². The molecular formula is C17H10ClF3N2O. The van der Waals surface area contributed by atoms with Crippen LogP contribution in [0, 0.1) is 11.3 Å². The fourth-order valence-corrected chi connectivity index (χ4v) is 2.04. The lowest BCUT2D eigenvalue weighted by molar-refractivity contribution is -0.137. The molecule has 3 nitrogen and oxygen atoms in total. The number of amides is 1. The monoisotopic (exact) mass is 350 g/mol. The van der Waals surface area contributed by atoms with E-state index in [1.807, 2.05) is 0 Å². The van der Waals surface area contributed by atoms with E-state index in [1.54, 1.807) is 24.3 Å². The molecule has 2 aromatic rings. The third-order valence-corrected chi connectivity index (χ3v) is 3.23. The minimum atomic E-state index is -4.44. The van der Waals surface area contributed by atoms with Crippen molar-refractivity contribution in [1.29, 1.82) is 5.26 Å². The quantitative estimate of drug-likeness (QED) is 0.632. The number of nitrogens with one attached hydrogen (secondary N) is 1. The van der Waals surface area contributed by atoms with E-state index in [9.17, 15) is 18.0 Å². The number of alkyl halides is 3. The van der Waals surface area contributed by atoms with E-state index in [-0.39, 0.29) is 5.57 Å². The van der Waals surface area contributed by atoms with Gasteiger partial charge >= 0.3 is 6.18 Å². The number of halogens is 4. The second kappa shape index (κ2) is 7.20. The van der Waals surface area contributed by atoms with Gasteiger partial charge in [-0.15, -0.1) is 0 Å². The molecule has 122 valence electrons. The van der Waals surface area contributed by atoms with E-state index >= 15 is 0 Å². The smallest absolute Gasteiger partial charge is 0.321 e. The number of benzene rings is 2. The van der Waals surface area contributed by atoms with Gasteiger partial charge in [-0.1, -0.05) is 29.8 Å². The van der Waals surface area contributed by atoms with E-state index in [0.29, 0.717) is 16.3 Å². The lowest BCUT2D eigenvalue weighted by atomic mass is 10.1. The molecule has 24 heavy (non-hydrogen) atoms. The molecule has 2 rings (SSSR count). The van der Waals surface area contributed by atoms with Gasteiger partial charge in [0.15, 0.2) is 0 Å². The summed E-state index contributed by atoms with van der Waals surface area (Å²) >= 11 is 5.80. The number of carbonyl (C=O) groups is 1. The predicted molar refractivity (Wildman–Crippen MR) is 85.1 cm³/mol. The summed E-state index contributed by atoms with van der Waals surface area (Å²) in [5.41, 5.74) is -0.335. The summed E-state index contributed by atoms with van der Waals surface area (Å²) in [5, 5.41) is 12.0. The summed E-state index contributed by atoms with van der Waals surface area (Å²) < 4.78 is 37.5. The highest BCUT2D eigenvalue weighted by Crippen LogP contribution is 2.29. The summed E-state index contributed by atoms with van der Waals surface area (Å²) in [4.78, 5) is 12.1. The molecule has 7 heteroatoms. The Morgan fingerprint density at radius 1 is 1.17 bits per heavy atom. The Hall–Kier alpha value is -2.78. The van der Waals surface area contributed by atoms with Crippen molar-refractivity contribution in [2.75, 3.05) is 5.32 Å². The topological polar surface area (TPSA) is 52.9 Å². The molecule has 0 aliphatic carbocycles. The molecule has 0 bridgehead atoms. The normalized spacial score (nSPS) is 11.7. The number of rotatable bonds is 3. The minimum absolute atomic E-state index is 0.241. The summed E-state index contributed by atoms with van der Waals surface area (Å²) in [6.45, 7) is 0. The number of anilines is 1. The molecule has 0 unspecified atom stereocenters. The predicted octanol–water partition coefficient (Wildman–Crippen LogP) is 4.90. The highest BCUT2D eigenvalue weighted by atomic mass is 35.5. The van der Waals surface area contributed by atoms with Crippen LogP contribution < -0.4 is 5.32 Å². The molecule has 0 atom stereocenters. The van der Waals surface area contributed by atoms with Gasteiger partial charge in [0, 0.05) is 10.7 Å². The summed E-state index contributed by atoms with van der Waals surface area (Å²) in [6, 6.07) is 12.2. The van der Waals surface area contributed by atoms with E-state index in [0.717, 1.165) is 12.1 Å². The molecule has 0 aliphatic heterocycles. The second-order valence-electron chi connectivity index (χ2n) is 4.75. The minimum Gasteiger partial charge on any atom is -0.321 e. The summed E-state index contributed by atoms with van der Waals surface area (Å²) in [7, 11) is 0. The molecular weight excluding hydrogens is 341 g/mol. The highest BCUT2D eigenvalue weighted by Gasteiger charge is 2.29. The zero-order chi connectivity index (χ0) is 17.7. The highest BCUT2D eigenvalue weighted by molar-refractivity contribution is 6.31. The fraction of sp³-hybridized carbons (Fsp3) is 0.0588. The molecule has 0 saturated carbocycles. The van der Waals surface area contributed by atoms with E-state index in [2.05, 4.69) is 5.32 Å². The first-order valence-electron chi connectivity index (χ1n) is 6.65. The largest absolute Gasteiger partial charge is 0.416 e. The van der Waals surface area contributed by atoms with Crippen molar-refractivity contribution in [3.8, 4) is 6.07 Å². The van der Waals surface area contributed by atoms with E-state index in [4.69, 9.17) is 16.9 Å². The third-order valence-electron chi connectivity index (χ3n) is 3.00. The Labute approximate surface area is 141 Å². The van der Waals surface area contributed by atoms with Crippen LogP contribution in [-0.4, -0.2) is 5.91 Å². The number of nitrogens with zero attached hydrogens (tertiary/aromatic N) is 1. The van der Waals surface area contributed by atoms with Crippen LogP contribution in [0.5, 0.6) is 0 Å². The van der Waals surface area contributed by atoms with Gasteiger partial charge in [0.1, 0.15) is 11.6 Å². The lowest BCUT2D eigenvalue weighted by Crippen LogP contribution is -2.13. The first-order valence-corrected chi connectivity index (χ1v) is 7.03. The molecule has 0 radical (unpaired) electrons. The van der Waals surface area contributed by atoms with E-state index in [1.165, 1.54) is 24.3 Å². The molecule has 0 fully saturated rings. The van der Waals surface area contributed by atoms with Gasteiger partial charge in [-0.2, -0.15) is 18.4 Å². The zero-order valence-electron chi connectivity index (χ0n) is 12.1. The molecule has 0 saturated heterocycles. The van der Waals surface area contributed by atoms with Crippen LogP contribution in [0.3, 0.4) is 0 Å². The Morgan fingerprint density at radius 3 is 2.38 bits per heavy atom. The van der Waals surface area contributed by atoms with Crippen LogP contribution in [0.2, 0.25) is 5.02 Å². The van der Waals surface area contributed by atoms with Crippen molar-refractivity contribution in [2.45, 2.75) is 6.18 Å². The Kier molecular flexibility index (Phi) is 5.27. The number of carbonyl (C=O) groups excluding carboxylic acids is 1. The maximum absolute atomic E-state index is 12.5. The van der Waals surface area contributed by atoms with Crippen LogP contribution in [0.25, 0.3) is 6.08 Å². The van der Waals surface area contributed by atoms with Crippen LogP contribution in [0.15, 0.2) is 54.1 Å². The van der Waals surface area contributed by atoms with Crippen molar-refractivity contribution in [3.05, 3.63) is 70.3 Å². The molecule has 0 aromatic heterocycles. The van der Waals surface area contributed by atoms with Crippen molar-refractivity contribution >= 4 is 29.3 Å².